The van der Waals surface area contributed by atoms with Crippen LogP contribution < -0.4 is 24.8 Å². The number of hydrogen-bond donors (Lipinski definition) is 7. The summed E-state index contributed by atoms with van der Waals surface area (Å²) < 4.78 is 25.6. The monoisotopic (exact) mass is 695 g/mol. The zero-order valence-corrected chi connectivity index (χ0v) is 29.0. The smallest absolute Gasteiger partial charge is 0.160 e. The van der Waals surface area contributed by atoms with Crippen molar-refractivity contribution < 1.29 is 39.4 Å². The molecule has 0 amide bonds. The second-order valence-corrected chi connectivity index (χ2v) is 13.4. The van der Waals surface area contributed by atoms with Crippen LogP contribution in [0.15, 0.2) is 72.9 Å². The molecule has 1 aliphatic carbocycles. The summed E-state index contributed by atoms with van der Waals surface area (Å²) in [6.45, 7) is -0.0584. The number of ether oxygens (including phenoxy) is 4. The van der Waals surface area contributed by atoms with Gasteiger partial charge in [0.05, 0.1) is 27.1 Å². The van der Waals surface area contributed by atoms with Gasteiger partial charge in [-0.25, -0.2) is 0 Å². The van der Waals surface area contributed by atoms with E-state index in [1.54, 1.807) is 18.2 Å². The molecule has 4 aromatic carbocycles. The van der Waals surface area contributed by atoms with E-state index in [4.69, 9.17) is 18.9 Å². The molecule has 2 heterocycles. The molecule has 0 radical (unpaired) electrons. The van der Waals surface area contributed by atoms with E-state index in [1.165, 1.54) is 12.7 Å². The van der Waals surface area contributed by atoms with Gasteiger partial charge in [-0.05, 0) is 109 Å². The lowest BCUT2D eigenvalue weighted by molar-refractivity contribution is -0.127. The van der Waals surface area contributed by atoms with Gasteiger partial charge in [0.15, 0.2) is 17.6 Å². The highest BCUT2D eigenvalue weighted by atomic mass is 16.6. The Labute approximate surface area is 296 Å². The van der Waals surface area contributed by atoms with Crippen molar-refractivity contribution in [1.82, 2.24) is 15.6 Å². The predicted octanol–water partition coefficient (Wildman–Crippen LogP) is 4.70. The van der Waals surface area contributed by atoms with E-state index in [0.717, 1.165) is 50.7 Å². The fourth-order valence-corrected chi connectivity index (χ4v) is 7.82. The first-order valence-electron chi connectivity index (χ1n) is 17.2. The van der Waals surface area contributed by atoms with Crippen molar-refractivity contribution in [2.24, 2.45) is 0 Å². The summed E-state index contributed by atoms with van der Waals surface area (Å²) in [5.74, 6) is 1.58. The second kappa shape index (κ2) is 14.5. The minimum atomic E-state index is -0.897. The molecule has 0 fully saturated rings. The van der Waals surface area contributed by atoms with Crippen LogP contribution in [0.4, 0.5) is 0 Å². The average Bonchev–Trinajstić information content (AvgIpc) is 3.61. The Kier molecular flexibility index (Phi) is 9.82. The number of benzene rings is 4. The molecule has 0 saturated carbocycles. The van der Waals surface area contributed by atoms with Crippen LogP contribution in [0.5, 0.6) is 28.7 Å². The molecule has 0 saturated heterocycles. The van der Waals surface area contributed by atoms with E-state index in [-0.39, 0.29) is 37.4 Å². The standard InChI is InChI=1S/C40H45N3O8/c1-41-21-40(49-22-42-2)18-32-31-14-26(13-23-4-8-33-24(12-23)10-11-43-33)30-16-27(46)6-7-29(30)38(31)37(50-28(19-44)20-45)17-35(32)51-39(40)25-5-9-34(47)36(15-25)48-3/h4-12,15-17,26,28,39,41-47H,13-14,18-22H2,1-3H3. The predicted molar refractivity (Wildman–Crippen MR) is 194 cm³/mol. The van der Waals surface area contributed by atoms with Crippen LogP contribution in [0, 0.1) is 0 Å². The highest BCUT2D eigenvalue weighted by Gasteiger charge is 2.48. The zero-order chi connectivity index (χ0) is 35.7. The van der Waals surface area contributed by atoms with Gasteiger partial charge in [-0.1, -0.05) is 18.2 Å². The molecular weight excluding hydrogens is 650 g/mol. The Morgan fingerprint density at radius 3 is 2.55 bits per heavy atom. The van der Waals surface area contributed by atoms with Crippen LogP contribution >= 0.6 is 0 Å². The maximum Gasteiger partial charge on any atom is 0.160 e. The lowest BCUT2D eigenvalue weighted by Gasteiger charge is -2.46. The van der Waals surface area contributed by atoms with Gasteiger partial charge in [-0.3, -0.25) is 5.32 Å². The Morgan fingerprint density at radius 2 is 1.78 bits per heavy atom. The molecule has 11 heteroatoms. The minimum Gasteiger partial charge on any atom is -0.508 e. The van der Waals surface area contributed by atoms with Gasteiger partial charge < -0.3 is 49.7 Å². The summed E-state index contributed by atoms with van der Waals surface area (Å²) in [6, 6.07) is 21.0. The van der Waals surface area contributed by atoms with Gasteiger partial charge >= 0.3 is 0 Å². The van der Waals surface area contributed by atoms with Crippen molar-refractivity contribution in [2.75, 3.05) is 47.7 Å². The van der Waals surface area contributed by atoms with Crippen LogP contribution in [0.25, 0.3) is 22.0 Å². The van der Waals surface area contributed by atoms with Crippen molar-refractivity contribution in [1.29, 1.82) is 0 Å². The van der Waals surface area contributed by atoms with E-state index < -0.39 is 17.8 Å². The number of fused-ring (bicyclic) bond motifs is 6. The molecule has 5 aromatic rings. The number of likely N-dealkylation sites (N-methyl/N-ethyl adjacent to an activating group) is 1. The number of H-pyrrole nitrogens is 1. The van der Waals surface area contributed by atoms with Crippen molar-refractivity contribution in [3.63, 3.8) is 0 Å². The van der Waals surface area contributed by atoms with Gasteiger partial charge in [0.25, 0.3) is 0 Å². The van der Waals surface area contributed by atoms with Gasteiger partial charge in [-0.15, -0.1) is 0 Å². The molecule has 3 atom stereocenters. The van der Waals surface area contributed by atoms with E-state index in [0.29, 0.717) is 36.6 Å². The number of rotatable bonds is 13. The number of phenols is 2. The lowest BCUT2D eigenvalue weighted by atomic mass is 9.71. The first kappa shape index (κ1) is 34.7. The molecule has 3 unspecified atom stereocenters. The van der Waals surface area contributed by atoms with E-state index >= 15 is 0 Å². The summed E-state index contributed by atoms with van der Waals surface area (Å²) in [5.41, 5.74) is 6.84. The van der Waals surface area contributed by atoms with Gasteiger partial charge in [0.1, 0.15) is 29.0 Å². The summed E-state index contributed by atoms with van der Waals surface area (Å²) in [6.07, 6.45) is 2.26. The summed E-state index contributed by atoms with van der Waals surface area (Å²) >= 11 is 0. The second-order valence-electron chi connectivity index (χ2n) is 13.4. The normalized spacial score (nSPS) is 19.3. The Bertz CT molecular complexity index is 2030. The molecule has 1 aromatic heterocycles. The molecular formula is C40H45N3O8. The van der Waals surface area contributed by atoms with E-state index in [1.807, 2.05) is 44.6 Å². The lowest BCUT2D eigenvalue weighted by Crippen LogP contribution is -2.54. The van der Waals surface area contributed by atoms with Gasteiger partial charge in [0, 0.05) is 41.9 Å². The average molecular weight is 696 g/mol. The first-order chi connectivity index (χ1) is 24.8. The van der Waals surface area contributed by atoms with Crippen molar-refractivity contribution in [3.05, 3.63) is 101 Å². The molecule has 2 aliphatic rings. The van der Waals surface area contributed by atoms with Crippen LogP contribution in [0.2, 0.25) is 0 Å². The third-order valence-electron chi connectivity index (χ3n) is 10.2. The SMILES string of the molecule is CNCOC1(CNC)Cc2c(cc(OC(CO)CO)c3c2CC(Cc2ccc4[nH]ccc4c2)c2cc(O)ccc2-3)OC1c1ccc(O)c(OC)c1. The quantitative estimate of drug-likeness (QED) is 0.0862. The molecule has 1 aliphatic heterocycles. The Balaban J connectivity index is 1.42. The largest absolute Gasteiger partial charge is 0.508 e. The number of aromatic amines is 1. The number of nitrogens with one attached hydrogen (secondary N) is 3. The van der Waals surface area contributed by atoms with Crippen molar-refractivity contribution in [2.45, 2.75) is 43.0 Å². The molecule has 7 rings (SSSR count). The fraction of sp³-hybridized carbons (Fsp3) is 0.350. The number of aromatic hydroxyl groups is 2. The van der Waals surface area contributed by atoms with E-state index in [9.17, 15) is 20.4 Å². The number of aromatic nitrogens is 1. The summed E-state index contributed by atoms with van der Waals surface area (Å²) in [5, 5.41) is 49.0. The number of phenolic OH excluding ortho intramolecular Hbond substituents is 2. The molecule has 0 bridgehead atoms. The van der Waals surface area contributed by atoms with E-state index in [2.05, 4.69) is 39.9 Å². The zero-order valence-electron chi connectivity index (χ0n) is 29.0. The third kappa shape index (κ3) is 6.47. The van der Waals surface area contributed by atoms with Crippen molar-refractivity contribution >= 4 is 10.9 Å². The highest BCUT2D eigenvalue weighted by Crippen LogP contribution is 2.54. The third-order valence-corrected chi connectivity index (χ3v) is 10.2. The van der Waals surface area contributed by atoms with Crippen LogP contribution in [-0.4, -0.2) is 84.8 Å². The number of hydrogen-bond acceptors (Lipinski definition) is 10. The molecule has 51 heavy (non-hydrogen) atoms. The number of aliphatic hydroxyl groups is 2. The van der Waals surface area contributed by atoms with Gasteiger partial charge in [-0.2, -0.15) is 0 Å². The summed E-state index contributed by atoms with van der Waals surface area (Å²) in [7, 11) is 5.22. The fourth-order valence-electron chi connectivity index (χ4n) is 7.82. The van der Waals surface area contributed by atoms with Crippen LogP contribution in [0.1, 0.15) is 39.8 Å². The number of methoxy groups -OCH3 is 1. The molecule has 11 nitrogen and oxygen atoms in total. The Hall–Kier alpha value is -4.78. The molecule has 268 valence electrons. The van der Waals surface area contributed by atoms with Crippen molar-refractivity contribution in [3.8, 4) is 39.9 Å². The topological polar surface area (TPSA) is 158 Å². The maximum atomic E-state index is 10.7. The Morgan fingerprint density at radius 1 is 0.941 bits per heavy atom. The molecule has 0 spiro atoms. The minimum absolute atomic E-state index is 0.00201. The highest BCUT2D eigenvalue weighted by molar-refractivity contribution is 5.83. The maximum absolute atomic E-state index is 10.7. The van der Waals surface area contributed by atoms with Crippen LogP contribution in [0.3, 0.4) is 0 Å². The van der Waals surface area contributed by atoms with Gasteiger partial charge in [0.2, 0.25) is 0 Å². The molecule has 7 N–H and O–H groups in total. The number of aliphatic hydroxyl groups excluding tert-OH is 2. The summed E-state index contributed by atoms with van der Waals surface area (Å²) in [4.78, 5) is 3.27. The van der Waals surface area contributed by atoms with Crippen LogP contribution in [-0.2, 0) is 24.0 Å². The first-order valence-corrected chi connectivity index (χ1v) is 17.2.